The average molecular weight is 580 g/mol. The molecule has 3 heterocycles. The van der Waals surface area contributed by atoms with Gasteiger partial charge in [-0.05, 0) is 84.5 Å². The quantitative estimate of drug-likeness (QED) is 0.197. The maximum absolute atomic E-state index is 2.34. The van der Waals surface area contributed by atoms with Gasteiger partial charge in [-0.3, -0.25) is 0 Å². The Hall–Kier alpha value is -3.31. The number of hydrogen-bond acceptors (Lipinski definition) is 4. The van der Waals surface area contributed by atoms with Crippen LogP contribution in [0, 0.1) is 0 Å². The highest BCUT2D eigenvalue weighted by Gasteiger charge is 2.14. The summed E-state index contributed by atoms with van der Waals surface area (Å²) in [5, 5.41) is 0. The van der Waals surface area contributed by atoms with E-state index in [1.54, 1.807) is 0 Å². The van der Waals surface area contributed by atoms with Gasteiger partial charge in [0.1, 0.15) is 0 Å². The van der Waals surface area contributed by atoms with Crippen molar-refractivity contribution >= 4 is 56.4 Å². The van der Waals surface area contributed by atoms with Crippen LogP contribution in [0.2, 0.25) is 0 Å². The van der Waals surface area contributed by atoms with Crippen LogP contribution in [0.4, 0.5) is 17.1 Å². The molecule has 0 N–H and O–H groups in total. The van der Waals surface area contributed by atoms with Gasteiger partial charge in [0, 0.05) is 41.5 Å². The van der Waals surface area contributed by atoms with E-state index in [-0.39, 0.29) is 0 Å². The lowest BCUT2D eigenvalue weighted by Crippen LogP contribution is -2.09. The summed E-state index contributed by atoms with van der Waals surface area (Å²) < 4.78 is 0. The molecule has 0 amide bonds. The van der Waals surface area contributed by atoms with Gasteiger partial charge < -0.3 is 4.90 Å². The second kappa shape index (κ2) is 14.9. The van der Waals surface area contributed by atoms with Crippen LogP contribution in [-0.2, 0) is 0 Å². The predicted octanol–water partition coefficient (Wildman–Crippen LogP) is 13.0. The Morgan fingerprint density at radius 3 is 1.52 bits per heavy atom. The van der Waals surface area contributed by atoms with Crippen LogP contribution in [0.5, 0.6) is 0 Å². The van der Waals surface area contributed by atoms with Crippen molar-refractivity contribution in [2.45, 2.75) is 41.0 Å². The fourth-order valence-corrected chi connectivity index (χ4v) is 7.51. The molecule has 0 saturated heterocycles. The minimum absolute atomic E-state index is 1.03. The molecule has 1 aliphatic rings. The molecule has 5 aromatic rings. The Morgan fingerprint density at radius 2 is 0.975 bits per heavy atom. The number of thiophene rings is 2. The SMILES string of the molecule is CC.CC.CC1=CCC=C(c2ccc(-c3ccc(-c4ccc(N(c5ccccc5)c5ccccc5)cc4)s3)s2)S1. The molecular weight excluding hydrogens is 543 g/mol. The minimum Gasteiger partial charge on any atom is -0.311 e. The number of nitrogens with zero attached hydrogens (tertiary/aromatic N) is 1. The van der Waals surface area contributed by atoms with Gasteiger partial charge in [0.25, 0.3) is 0 Å². The molecule has 0 saturated carbocycles. The highest BCUT2D eigenvalue weighted by atomic mass is 32.2. The summed E-state index contributed by atoms with van der Waals surface area (Å²) in [5.41, 5.74) is 4.71. The Kier molecular flexibility index (Phi) is 11.1. The zero-order valence-electron chi connectivity index (χ0n) is 23.9. The van der Waals surface area contributed by atoms with Crippen LogP contribution >= 0.6 is 34.4 Å². The third-order valence-electron chi connectivity index (χ3n) is 6.12. The molecule has 0 radical (unpaired) electrons. The first kappa shape index (κ1) is 29.7. The van der Waals surface area contributed by atoms with Crippen molar-refractivity contribution in [2.24, 2.45) is 0 Å². The Labute approximate surface area is 252 Å². The van der Waals surface area contributed by atoms with E-state index in [0.717, 1.165) is 23.5 Å². The van der Waals surface area contributed by atoms with E-state index in [1.165, 1.54) is 34.9 Å². The van der Waals surface area contributed by atoms with Gasteiger partial charge in [-0.15, -0.1) is 22.7 Å². The fraction of sp³-hybridized carbons (Fsp3) is 0.167. The van der Waals surface area contributed by atoms with Crippen molar-refractivity contribution < 1.29 is 0 Å². The molecule has 0 aliphatic carbocycles. The third-order valence-corrected chi connectivity index (χ3v) is 9.79. The molecule has 204 valence electrons. The summed E-state index contributed by atoms with van der Waals surface area (Å²) in [4.78, 5) is 10.4. The van der Waals surface area contributed by atoms with E-state index >= 15 is 0 Å². The van der Waals surface area contributed by atoms with Crippen LogP contribution in [0.3, 0.4) is 0 Å². The largest absolute Gasteiger partial charge is 0.311 e. The summed E-state index contributed by atoms with van der Waals surface area (Å²) in [5.74, 6) is 0. The molecule has 0 bridgehead atoms. The van der Waals surface area contributed by atoms with Crippen molar-refractivity contribution in [1.29, 1.82) is 0 Å². The maximum Gasteiger partial charge on any atom is 0.0462 e. The van der Waals surface area contributed by atoms with E-state index in [4.69, 9.17) is 0 Å². The fourth-order valence-electron chi connectivity index (χ4n) is 4.34. The van der Waals surface area contributed by atoms with Gasteiger partial charge >= 0.3 is 0 Å². The van der Waals surface area contributed by atoms with Crippen molar-refractivity contribution in [3.63, 3.8) is 0 Å². The molecule has 1 aliphatic heterocycles. The van der Waals surface area contributed by atoms with Crippen LogP contribution in [0.1, 0.15) is 45.9 Å². The number of allylic oxidation sites excluding steroid dienone is 3. The van der Waals surface area contributed by atoms with Crippen molar-refractivity contribution in [2.75, 3.05) is 4.90 Å². The lowest BCUT2D eigenvalue weighted by atomic mass is 10.1. The molecular formula is C36H37NS3. The first-order chi connectivity index (χ1) is 19.7. The molecule has 40 heavy (non-hydrogen) atoms. The van der Waals surface area contributed by atoms with E-state index in [1.807, 2.05) is 62.1 Å². The summed E-state index contributed by atoms with van der Waals surface area (Å²) in [6.07, 6.45) is 5.66. The second-order valence-electron chi connectivity index (χ2n) is 8.60. The lowest BCUT2D eigenvalue weighted by Gasteiger charge is -2.25. The molecule has 0 spiro atoms. The maximum atomic E-state index is 2.34. The minimum atomic E-state index is 1.03. The van der Waals surface area contributed by atoms with Gasteiger partial charge in [-0.1, -0.05) is 100 Å². The van der Waals surface area contributed by atoms with Gasteiger partial charge in [0.2, 0.25) is 0 Å². The monoisotopic (exact) mass is 579 g/mol. The van der Waals surface area contributed by atoms with Gasteiger partial charge in [0.15, 0.2) is 0 Å². The summed E-state index contributed by atoms with van der Waals surface area (Å²) in [7, 11) is 0. The summed E-state index contributed by atoms with van der Waals surface area (Å²) in [6.45, 7) is 10.2. The van der Waals surface area contributed by atoms with Crippen LogP contribution in [0.25, 0.3) is 25.1 Å². The van der Waals surface area contributed by atoms with E-state index in [0.29, 0.717) is 0 Å². The number of anilines is 3. The number of benzene rings is 3. The summed E-state index contributed by atoms with van der Waals surface area (Å²) in [6, 6.07) is 39.1. The normalized spacial score (nSPS) is 12.2. The Balaban J connectivity index is 0.000000886. The highest BCUT2D eigenvalue weighted by molar-refractivity contribution is 8.12. The van der Waals surface area contributed by atoms with Crippen molar-refractivity contribution in [1.82, 2.24) is 0 Å². The number of rotatable bonds is 6. The van der Waals surface area contributed by atoms with Crippen molar-refractivity contribution in [3.05, 3.63) is 131 Å². The molecule has 6 rings (SSSR count). The first-order valence-corrected chi connectivity index (χ1v) is 16.5. The van der Waals surface area contributed by atoms with E-state index < -0.39 is 0 Å². The average Bonchev–Trinajstić information content (AvgIpc) is 3.72. The van der Waals surface area contributed by atoms with E-state index in [2.05, 4.69) is 133 Å². The van der Waals surface area contributed by atoms with Gasteiger partial charge in [-0.25, -0.2) is 0 Å². The van der Waals surface area contributed by atoms with Crippen LogP contribution in [-0.4, -0.2) is 0 Å². The molecule has 2 aromatic heterocycles. The van der Waals surface area contributed by atoms with E-state index in [9.17, 15) is 0 Å². The van der Waals surface area contributed by atoms with Gasteiger partial charge in [0.05, 0.1) is 0 Å². The molecule has 1 nitrogen and oxygen atoms in total. The zero-order chi connectivity index (χ0) is 28.3. The molecule has 0 unspecified atom stereocenters. The molecule has 4 heteroatoms. The predicted molar refractivity (Wildman–Crippen MR) is 184 cm³/mol. The van der Waals surface area contributed by atoms with Crippen LogP contribution in [0.15, 0.2) is 126 Å². The standard InChI is InChI=1S/C32H25NS3.2C2H6/c1-23-9-8-14-29(34-23)30-21-22-32(36-30)31-20-19-28(35-31)24-15-17-27(18-16-24)33(25-10-4-2-5-11-25)26-12-6-3-7-13-26;2*1-2/h2-7,9-22H,8H2,1H3;2*1-2H3. The first-order valence-electron chi connectivity index (χ1n) is 14.0. The van der Waals surface area contributed by atoms with Crippen LogP contribution < -0.4 is 4.90 Å². The Morgan fingerprint density at radius 1 is 0.500 bits per heavy atom. The topological polar surface area (TPSA) is 3.24 Å². The number of thioether (sulfide) groups is 1. The van der Waals surface area contributed by atoms with Crippen molar-refractivity contribution in [3.8, 4) is 20.2 Å². The molecule has 0 atom stereocenters. The second-order valence-corrected chi connectivity index (χ2v) is 12.1. The lowest BCUT2D eigenvalue weighted by molar-refractivity contribution is 1.28. The van der Waals surface area contributed by atoms with Gasteiger partial charge in [-0.2, -0.15) is 0 Å². The number of para-hydroxylation sites is 2. The molecule has 0 fully saturated rings. The molecule has 3 aromatic carbocycles. The summed E-state index contributed by atoms with van der Waals surface area (Å²) >= 11 is 5.64. The zero-order valence-corrected chi connectivity index (χ0v) is 26.4. The Bertz CT molecular complexity index is 1480. The third kappa shape index (κ3) is 7.06. The highest BCUT2D eigenvalue weighted by Crippen LogP contribution is 2.44. The smallest absolute Gasteiger partial charge is 0.0462 e. The number of hydrogen-bond donors (Lipinski definition) is 0.